The molecule has 1 aliphatic heterocycles. The van der Waals surface area contributed by atoms with E-state index in [0.29, 0.717) is 19.3 Å². The number of carbonyl (C=O) groups excluding carboxylic acids is 2. The van der Waals surface area contributed by atoms with Crippen molar-refractivity contribution < 1.29 is 23.9 Å². The highest BCUT2D eigenvalue weighted by Crippen LogP contribution is 2.13. The molecule has 1 fully saturated rings. The van der Waals surface area contributed by atoms with Gasteiger partial charge in [-0.3, -0.25) is 9.63 Å². The number of hydrogen-bond acceptors (Lipinski definition) is 6. The second-order valence-electron chi connectivity index (χ2n) is 3.25. The van der Waals surface area contributed by atoms with Gasteiger partial charge in [-0.2, -0.15) is 5.48 Å². The summed E-state index contributed by atoms with van der Waals surface area (Å²) in [5.74, 6) is -0.825. The maximum atomic E-state index is 11.2. The Hall–Kier alpha value is -1.14. The zero-order valence-electron chi connectivity index (χ0n) is 8.82. The minimum absolute atomic E-state index is 0.388. The maximum Gasteiger partial charge on any atom is 0.337 e. The number of esters is 2. The highest BCUT2D eigenvalue weighted by Gasteiger charge is 2.28. The average molecular weight is 217 g/mol. The SMILES string of the molecule is COC(=O)[C@@H]1CCC[C@H](C(=O)OC)ON1. The van der Waals surface area contributed by atoms with Crippen LogP contribution in [0, 0.1) is 0 Å². The Morgan fingerprint density at radius 2 is 1.87 bits per heavy atom. The molecule has 0 amide bonds. The molecule has 0 saturated carbocycles. The Morgan fingerprint density at radius 3 is 2.47 bits per heavy atom. The van der Waals surface area contributed by atoms with Gasteiger partial charge in [-0.05, 0) is 19.3 Å². The molecule has 0 aromatic carbocycles. The average Bonchev–Trinajstić information content (AvgIpc) is 2.52. The normalized spacial score (nSPS) is 26.5. The molecule has 0 bridgehead atoms. The molecule has 0 unspecified atom stereocenters. The highest BCUT2D eigenvalue weighted by atomic mass is 16.7. The summed E-state index contributed by atoms with van der Waals surface area (Å²) in [4.78, 5) is 27.4. The quantitative estimate of drug-likeness (QED) is 0.644. The van der Waals surface area contributed by atoms with Crippen LogP contribution in [0.25, 0.3) is 0 Å². The van der Waals surface area contributed by atoms with Crippen LogP contribution in [0.15, 0.2) is 0 Å². The Kier molecular flexibility index (Phi) is 4.51. The molecule has 0 spiro atoms. The van der Waals surface area contributed by atoms with Crippen molar-refractivity contribution in [2.24, 2.45) is 0 Å². The van der Waals surface area contributed by atoms with Crippen LogP contribution in [0.5, 0.6) is 0 Å². The molecule has 1 aliphatic rings. The topological polar surface area (TPSA) is 73.9 Å². The molecule has 15 heavy (non-hydrogen) atoms. The Balaban J connectivity index is 2.48. The van der Waals surface area contributed by atoms with Gasteiger partial charge in [0.25, 0.3) is 0 Å². The van der Waals surface area contributed by atoms with Crippen molar-refractivity contribution in [3.63, 3.8) is 0 Å². The van der Waals surface area contributed by atoms with E-state index in [1.807, 2.05) is 0 Å². The summed E-state index contributed by atoms with van der Waals surface area (Å²) >= 11 is 0. The van der Waals surface area contributed by atoms with Crippen molar-refractivity contribution in [3.8, 4) is 0 Å². The summed E-state index contributed by atoms with van der Waals surface area (Å²) in [5.41, 5.74) is 2.52. The third-order valence-electron chi connectivity index (χ3n) is 2.26. The zero-order chi connectivity index (χ0) is 11.3. The summed E-state index contributed by atoms with van der Waals surface area (Å²) in [6.07, 6.45) is 1.17. The summed E-state index contributed by atoms with van der Waals surface area (Å²) in [6, 6.07) is -0.510. The number of hydroxylamine groups is 1. The van der Waals surface area contributed by atoms with Gasteiger partial charge in [-0.15, -0.1) is 0 Å². The first kappa shape index (κ1) is 11.9. The van der Waals surface area contributed by atoms with Gasteiger partial charge in [0.05, 0.1) is 14.2 Å². The first-order valence-electron chi connectivity index (χ1n) is 4.76. The molecule has 1 N–H and O–H groups in total. The lowest BCUT2D eigenvalue weighted by molar-refractivity contribution is -0.164. The van der Waals surface area contributed by atoms with Crippen molar-refractivity contribution in [3.05, 3.63) is 0 Å². The maximum absolute atomic E-state index is 11.2. The number of methoxy groups -OCH3 is 2. The van der Waals surface area contributed by atoms with Gasteiger partial charge < -0.3 is 9.47 Å². The highest BCUT2D eigenvalue weighted by molar-refractivity contribution is 5.76. The molecular weight excluding hydrogens is 202 g/mol. The Morgan fingerprint density at radius 1 is 1.20 bits per heavy atom. The number of carbonyl (C=O) groups is 2. The van der Waals surface area contributed by atoms with Crippen LogP contribution < -0.4 is 5.48 Å². The molecule has 6 heteroatoms. The van der Waals surface area contributed by atoms with Crippen LogP contribution in [0.3, 0.4) is 0 Å². The minimum Gasteiger partial charge on any atom is -0.468 e. The van der Waals surface area contributed by atoms with Gasteiger partial charge in [0.1, 0.15) is 6.04 Å². The van der Waals surface area contributed by atoms with Crippen LogP contribution in [0.4, 0.5) is 0 Å². The predicted octanol–water partition coefficient (Wildman–Crippen LogP) is -0.225. The summed E-state index contributed by atoms with van der Waals surface area (Å²) in [5, 5.41) is 0. The molecule has 1 saturated heterocycles. The van der Waals surface area contributed by atoms with Gasteiger partial charge in [-0.25, -0.2) is 4.79 Å². The molecule has 0 aromatic heterocycles. The summed E-state index contributed by atoms with van der Waals surface area (Å²) in [6.45, 7) is 0. The fraction of sp³-hybridized carbons (Fsp3) is 0.778. The monoisotopic (exact) mass is 217 g/mol. The van der Waals surface area contributed by atoms with Crippen LogP contribution in [-0.4, -0.2) is 38.3 Å². The van der Waals surface area contributed by atoms with E-state index in [2.05, 4.69) is 15.0 Å². The van der Waals surface area contributed by atoms with E-state index >= 15 is 0 Å². The second-order valence-corrected chi connectivity index (χ2v) is 3.25. The van der Waals surface area contributed by atoms with Gasteiger partial charge >= 0.3 is 11.9 Å². The Labute approximate surface area is 87.8 Å². The van der Waals surface area contributed by atoms with E-state index in [4.69, 9.17) is 4.84 Å². The third kappa shape index (κ3) is 3.17. The molecule has 1 rings (SSSR count). The minimum atomic E-state index is -0.648. The van der Waals surface area contributed by atoms with Gasteiger partial charge in [0.2, 0.25) is 0 Å². The van der Waals surface area contributed by atoms with E-state index < -0.39 is 18.1 Å². The fourth-order valence-electron chi connectivity index (χ4n) is 1.40. The third-order valence-corrected chi connectivity index (χ3v) is 2.26. The van der Waals surface area contributed by atoms with Crippen molar-refractivity contribution in [1.82, 2.24) is 5.48 Å². The van der Waals surface area contributed by atoms with E-state index in [-0.39, 0.29) is 5.97 Å². The zero-order valence-corrected chi connectivity index (χ0v) is 8.82. The summed E-state index contributed by atoms with van der Waals surface area (Å²) < 4.78 is 9.12. The first-order valence-corrected chi connectivity index (χ1v) is 4.76. The van der Waals surface area contributed by atoms with Crippen LogP contribution >= 0.6 is 0 Å². The molecule has 86 valence electrons. The van der Waals surface area contributed by atoms with E-state index in [0.717, 1.165) is 0 Å². The van der Waals surface area contributed by atoms with Crippen molar-refractivity contribution >= 4 is 11.9 Å². The molecule has 0 radical (unpaired) electrons. The van der Waals surface area contributed by atoms with Gasteiger partial charge in [-0.1, -0.05) is 0 Å². The number of nitrogens with one attached hydrogen (secondary N) is 1. The van der Waals surface area contributed by atoms with Gasteiger partial charge in [0, 0.05) is 0 Å². The Bertz CT molecular complexity index is 219. The molecular formula is C9H15NO5. The lowest BCUT2D eigenvalue weighted by Gasteiger charge is -2.14. The smallest absolute Gasteiger partial charge is 0.337 e. The molecule has 0 aliphatic carbocycles. The van der Waals surface area contributed by atoms with E-state index in [9.17, 15) is 9.59 Å². The standard InChI is InChI=1S/C9H15NO5/c1-13-8(11)6-4-3-5-7(15-10-6)9(12)14-2/h6-7,10H,3-5H2,1-2H3/t6-,7+/m0/s1. The van der Waals surface area contributed by atoms with Crippen LogP contribution in [0.2, 0.25) is 0 Å². The lowest BCUT2D eigenvalue weighted by atomic mass is 10.1. The summed E-state index contributed by atoms with van der Waals surface area (Å²) in [7, 11) is 2.61. The predicted molar refractivity (Wildman–Crippen MR) is 49.7 cm³/mol. The molecule has 1 heterocycles. The van der Waals surface area contributed by atoms with E-state index in [1.54, 1.807) is 0 Å². The molecule has 0 aromatic rings. The molecule has 6 nitrogen and oxygen atoms in total. The van der Waals surface area contributed by atoms with E-state index in [1.165, 1.54) is 14.2 Å². The van der Waals surface area contributed by atoms with Gasteiger partial charge in [0.15, 0.2) is 6.10 Å². The van der Waals surface area contributed by atoms with Crippen LogP contribution in [-0.2, 0) is 23.9 Å². The lowest BCUT2D eigenvalue weighted by Crippen LogP contribution is -2.39. The number of ether oxygens (including phenoxy) is 2. The number of hydrogen-bond donors (Lipinski definition) is 1. The second kappa shape index (κ2) is 5.67. The first-order chi connectivity index (χ1) is 7.19. The van der Waals surface area contributed by atoms with Crippen molar-refractivity contribution in [2.75, 3.05) is 14.2 Å². The van der Waals surface area contributed by atoms with Crippen molar-refractivity contribution in [2.45, 2.75) is 31.4 Å². The number of rotatable bonds is 2. The molecule has 2 atom stereocenters. The fourth-order valence-corrected chi connectivity index (χ4v) is 1.40. The largest absolute Gasteiger partial charge is 0.468 e. The van der Waals surface area contributed by atoms with Crippen molar-refractivity contribution in [1.29, 1.82) is 0 Å². The van der Waals surface area contributed by atoms with Crippen LogP contribution in [0.1, 0.15) is 19.3 Å².